The second-order valence-corrected chi connectivity index (χ2v) is 3.82. The van der Waals surface area contributed by atoms with Crippen molar-refractivity contribution in [3.63, 3.8) is 0 Å². The fourth-order valence-corrected chi connectivity index (χ4v) is 2.11. The van der Waals surface area contributed by atoms with Crippen molar-refractivity contribution in [2.45, 2.75) is 45.4 Å². The van der Waals surface area contributed by atoms with Gasteiger partial charge in [-0.15, -0.1) is 12.4 Å². The largest absolute Gasteiger partial charge is 0.330 e. The molecule has 0 aliphatic heterocycles. The van der Waals surface area contributed by atoms with Gasteiger partial charge in [0.25, 0.3) is 0 Å². The summed E-state index contributed by atoms with van der Waals surface area (Å²) in [5, 5.41) is 0. The van der Waals surface area contributed by atoms with E-state index in [2.05, 4.69) is 6.92 Å². The lowest BCUT2D eigenvalue weighted by Gasteiger charge is -2.33. The van der Waals surface area contributed by atoms with E-state index in [9.17, 15) is 0 Å². The zero-order chi connectivity index (χ0) is 8.10. The van der Waals surface area contributed by atoms with Crippen LogP contribution in [0.3, 0.4) is 0 Å². The Labute approximate surface area is 82.5 Å². The van der Waals surface area contributed by atoms with E-state index >= 15 is 0 Å². The SMILES string of the molecule is CCCC(CCN)C1CCC1.Cl. The van der Waals surface area contributed by atoms with E-state index in [0.717, 1.165) is 18.4 Å². The standard InChI is InChI=1S/C10H21N.ClH/c1-2-4-9(7-8-11)10-5-3-6-10;/h9-10H,2-8,11H2,1H3;1H. The molecule has 1 aliphatic rings. The number of hydrogen-bond acceptors (Lipinski definition) is 1. The van der Waals surface area contributed by atoms with Crippen molar-refractivity contribution in [1.82, 2.24) is 0 Å². The van der Waals surface area contributed by atoms with Gasteiger partial charge in [-0.3, -0.25) is 0 Å². The van der Waals surface area contributed by atoms with E-state index in [0.29, 0.717) is 0 Å². The normalized spacial score (nSPS) is 19.5. The minimum atomic E-state index is 0. The van der Waals surface area contributed by atoms with Gasteiger partial charge in [0, 0.05) is 0 Å². The minimum Gasteiger partial charge on any atom is -0.330 e. The molecule has 1 nitrogen and oxygen atoms in total. The van der Waals surface area contributed by atoms with E-state index in [4.69, 9.17) is 5.73 Å². The molecule has 0 aromatic heterocycles. The van der Waals surface area contributed by atoms with E-state index < -0.39 is 0 Å². The van der Waals surface area contributed by atoms with E-state index in [1.54, 1.807) is 0 Å². The molecular formula is C10H22ClN. The Morgan fingerprint density at radius 1 is 1.33 bits per heavy atom. The van der Waals surface area contributed by atoms with Crippen LogP contribution in [0.5, 0.6) is 0 Å². The molecule has 74 valence electrons. The smallest absolute Gasteiger partial charge is 0.00745 e. The summed E-state index contributed by atoms with van der Waals surface area (Å²) in [6.07, 6.45) is 8.42. The summed E-state index contributed by atoms with van der Waals surface area (Å²) in [5.41, 5.74) is 5.58. The number of hydrogen-bond donors (Lipinski definition) is 1. The molecule has 0 spiro atoms. The quantitative estimate of drug-likeness (QED) is 0.711. The fourth-order valence-electron chi connectivity index (χ4n) is 2.11. The van der Waals surface area contributed by atoms with E-state index in [1.807, 2.05) is 0 Å². The van der Waals surface area contributed by atoms with Gasteiger partial charge >= 0.3 is 0 Å². The first kappa shape index (κ1) is 12.2. The first-order valence-corrected chi connectivity index (χ1v) is 5.08. The Kier molecular flexibility index (Phi) is 6.87. The number of nitrogens with two attached hydrogens (primary N) is 1. The Hall–Kier alpha value is 0.250. The predicted octanol–water partition coefficient (Wildman–Crippen LogP) is 2.97. The van der Waals surface area contributed by atoms with Crippen molar-refractivity contribution in [3.8, 4) is 0 Å². The molecule has 0 amide bonds. The average molecular weight is 192 g/mol. The van der Waals surface area contributed by atoms with Gasteiger partial charge < -0.3 is 5.73 Å². The maximum absolute atomic E-state index is 5.58. The third kappa shape index (κ3) is 3.32. The van der Waals surface area contributed by atoms with Crippen LogP contribution in [0.15, 0.2) is 0 Å². The molecule has 0 radical (unpaired) electrons. The third-order valence-electron chi connectivity index (χ3n) is 3.01. The Bertz CT molecular complexity index is 96.0. The molecule has 0 aromatic rings. The van der Waals surface area contributed by atoms with Crippen LogP contribution in [0.2, 0.25) is 0 Å². The molecular weight excluding hydrogens is 170 g/mol. The van der Waals surface area contributed by atoms with Crippen molar-refractivity contribution in [3.05, 3.63) is 0 Å². The molecule has 0 aromatic carbocycles. The van der Waals surface area contributed by atoms with Crippen LogP contribution in [-0.2, 0) is 0 Å². The highest BCUT2D eigenvalue weighted by atomic mass is 35.5. The van der Waals surface area contributed by atoms with Crippen LogP contribution in [0, 0.1) is 11.8 Å². The summed E-state index contributed by atoms with van der Waals surface area (Å²) in [6.45, 7) is 3.17. The molecule has 2 heteroatoms. The summed E-state index contributed by atoms with van der Waals surface area (Å²) >= 11 is 0. The van der Waals surface area contributed by atoms with Crippen molar-refractivity contribution in [2.24, 2.45) is 17.6 Å². The van der Waals surface area contributed by atoms with Crippen LogP contribution in [-0.4, -0.2) is 6.54 Å². The highest BCUT2D eigenvalue weighted by Gasteiger charge is 2.25. The van der Waals surface area contributed by atoms with Crippen LogP contribution in [0.1, 0.15) is 45.4 Å². The monoisotopic (exact) mass is 191 g/mol. The zero-order valence-corrected chi connectivity index (χ0v) is 8.91. The summed E-state index contributed by atoms with van der Waals surface area (Å²) in [7, 11) is 0. The van der Waals surface area contributed by atoms with Gasteiger partial charge in [0.05, 0.1) is 0 Å². The second kappa shape index (κ2) is 6.73. The van der Waals surface area contributed by atoms with Gasteiger partial charge in [-0.2, -0.15) is 0 Å². The molecule has 0 saturated heterocycles. The van der Waals surface area contributed by atoms with E-state index in [-0.39, 0.29) is 12.4 Å². The molecule has 1 saturated carbocycles. The summed E-state index contributed by atoms with van der Waals surface area (Å²) in [4.78, 5) is 0. The average Bonchev–Trinajstić information content (AvgIpc) is 1.85. The lowest BCUT2D eigenvalue weighted by molar-refractivity contribution is 0.186. The number of halogens is 1. The van der Waals surface area contributed by atoms with Gasteiger partial charge in [0.15, 0.2) is 0 Å². The molecule has 12 heavy (non-hydrogen) atoms. The molecule has 1 fully saturated rings. The Morgan fingerprint density at radius 3 is 2.33 bits per heavy atom. The first-order chi connectivity index (χ1) is 5.38. The predicted molar refractivity (Wildman–Crippen MR) is 56.7 cm³/mol. The molecule has 0 bridgehead atoms. The van der Waals surface area contributed by atoms with Crippen molar-refractivity contribution in [1.29, 1.82) is 0 Å². The summed E-state index contributed by atoms with van der Waals surface area (Å²) in [6, 6.07) is 0. The first-order valence-electron chi connectivity index (χ1n) is 5.08. The molecule has 1 rings (SSSR count). The van der Waals surface area contributed by atoms with Gasteiger partial charge in [-0.1, -0.05) is 39.0 Å². The highest BCUT2D eigenvalue weighted by Crippen LogP contribution is 2.37. The lowest BCUT2D eigenvalue weighted by atomic mass is 9.73. The zero-order valence-electron chi connectivity index (χ0n) is 8.09. The van der Waals surface area contributed by atoms with Crippen molar-refractivity contribution in [2.75, 3.05) is 6.54 Å². The van der Waals surface area contributed by atoms with Crippen molar-refractivity contribution >= 4 is 12.4 Å². The molecule has 0 heterocycles. The Balaban J connectivity index is 0.00000121. The summed E-state index contributed by atoms with van der Waals surface area (Å²) < 4.78 is 0. The second-order valence-electron chi connectivity index (χ2n) is 3.82. The van der Waals surface area contributed by atoms with Gasteiger partial charge in [-0.25, -0.2) is 0 Å². The number of rotatable bonds is 5. The molecule has 1 aliphatic carbocycles. The Morgan fingerprint density at radius 2 is 2.00 bits per heavy atom. The maximum atomic E-state index is 5.58. The van der Waals surface area contributed by atoms with Crippen LogP contribution >= 0.6 is 12.4 Å². The lowest BCUT2D eigenvalue weighted by Crippen LogP contribution is -2.24. The third-order valence-corrected chi connectivity index (χ3v) is 3.01. The molecule has 2 N–H and O–H groups in total. The maximum Gasteiger partial charge on any atom is -0.00745 e. The van der Waals surface area contributed by atoms with Gasteiger partial charge in [-0.05, 0) is 24.8 Å². The molecule has 1 unspecified atom stereocenters. The van der Waals surface area contributed by atoms with E-state index in [1.165, 1.54) is 38.5 Å². The van der Waals surface area contributed by atoms with Crippen LogP contribution in [0.4, 0.5) is 0 Å². The van der Waals surface area contributed by atoms with Gasteiger partial charge in [0.2, 0.25) is 0 Å². The van der Waals surface area contributed by atoms with Crippen LogP contribution in [0.25, 0.3) is 0 Å². The summed E-state index contributed by atoms with van der Waals surface area (Å²) in [5.74, 6) is 2.00. The van der Waals surface area contributed by atoms with Gasteiger partial charge in [0.1, 0.15) is 0 Å². The van der Waals surface area contributed by atoms with Crippen LogP contribution < -0.4 is 5.73 Å². The topological polar surface area (TPSA) is 26.0 Å². The molecule has 1 atom stereocenters. The fraction of sp³-hybridized carbons (Fsp3) is 1.00. The minimum absolute atomic E-state index is 0. The highest BCUT2D eigenvalue weighted by molar-refractivity contribution is 5.85. The van der Waals surface area contributed by atoms with Crippen molar-refractivity contribution < 1.29 is 0 Å².